The van der Waals surface area contributed by atoms with Crippen LogP contribution in [0.4, 0.5) is 17.8 Å². The molecule has 0 aromatic carbocycles. The van der Waals surface area contributed by atoms with Crippen LogP contribution in [-0.2, 0) is 4.79 Å². The molecule has 1 aromatic rings. The van der Waals surface area contributed by atoms with E-state index in [4.69, 9.17) is 5.73 Å². The fraction of sp³-hybridized carbons (Fsp3) is 0.692. The van der Waals surface area contributed by atoms with Crippen LogP contribution in [0.2, 0.25) is 0 Å². The molecule has 0 saturated heterocycles. The van der Waals surface area contributed by atoms with Crippen molar-refractivity contribution in [1.29, 1.82) is 0 Å². The van der Waals surface area contributed by atoms with Crippen molar-refractivity contribution in [2.45, 2.75) is 40.2 Å². The van der Waals surface area contributed by atoms with Gasteiger partial charge in [-0.2, -0.15) is 15.0 Å². The Morgan fingerprint density at radius 3 is 2.48 bits per heavy atom. The average molecular weight is 295 g/mol. The summed E-state index contributed by atoms with van der Waals surface area (Å²) in [6, 6.07) is -0.442. The van der Waals surface area contributed by atoms with Crippen LogP contribution in [0, 0.1) is 0 Å². The van der Waals surface area contributed by atoms with E-state index in [1.165, 1.54) is 0 Å². The van der Waals surface area contributed by atoms with Crippen molar-refractivity contribution in [2.75, 3.05) is 35.6 Å². The number of anilines is 3. The number of nitrogens with one attached hydrogen (secondary N) is 2. The van der Waals surface area contributed by atoms with Gasteiger partial charge >= 0.3 is 0 Å². The monoisotopic (exact) mass is 295 g/mol. The lowest BCUT2D eigenvalue weighted by Gasteiger charge is -2.20. The van der Waals surface area contributed by atoms with E-state index in [1.807, 2.05) is 25.7 Å². The number of amides is 1. The molecule has 1 atom stereocenters. The fourth-order valence-electron chi connectivity index (χ4n) is 1.75. The number of aromatic nitrogens is 3. The summed E-state index contributed by atoms with van der Waals surface area (Å²) in [7, 11) is 0. The molecule has 8 nitrogen and oxygen atoms in total. The van der Waals surface area contributed by atoms with Crippen molar-refractivity contribution in [3.05, 3.63) is 0 Å². The Bertz CT molecular complexity index is 462. The van der Waals surface area contributed by atoms with Crippen molar-refractivity contribution in [3.8, 4) is 0 Å². The summed E-state index contributed by atoms with van der Waals surface area (Å²) in [5.74, 6) is 0.857. The Labute approximate surface area is 125 Å². The van der Waals surface area contributed by atoms with Gasteiger partial charge < -0.3 is 21.3 Å². The van der Waals surface area contributed by atoms with E-state index in [1.54, 1.807) is 6.92 Å². The molecule has 0 aliphatic heterocycles. The van der Waals surface area contributed by atoms with Crippen LogP contribution in [0.3, 0.4) is 0 Å². The number of hydrogen-bond donors (Lipinski definition) is 3. The second-order valence-electron chi connectivity index (χ2n) is 4.65. The van der Waals surface area contributed by atoms with Gasteiger partial charge in [0.25, 0.3) is 0 Å². The van der Waals surface area contributed by atoms with Gasteiger partial charge in [0.2, 0.25) is 23.8 Å². The first-order valence-corrected chi connectivity index (χ1v) is 7.32. The number of nitrogens with two attached hydrogens (primary N) is 1. The van der Waals surface area contributed by atoms with E-state index in [0.29, 0.717) is 18.4 Å². The lowest BCUT2D eigenvalue weighted by atomic mass is 10.3. The van der Waals surface area contributed by atoms with E-state index >= 15 is 0 Å². The minimum Gasteiger partial charge on any atom is -0.368 e. The van der Waals surface area contributed by atoms with Gasteiger partial charge in [0.05, 0.1) is 0 Å². The van der Waals surface area contributed by atoms with E-state index in [9.17, 15) is 4.79 Å². The van der Waals surface area contributed by atoms with E-state index in [2.05, 4.69) is 25.6 Å². The first-order valence-electron chi connectivity index (χ1n) is 7.32. The molecule has 1 rings (SSSR count). The smallest absolute Gasteiger partial charge is 0.242 e. The summed E-state index contributed by atoms with van der Waals surface area (Å²) < 4.78 is 0. The first-order chi connectivity index (χ1) is 10.0. The molecular weight excluding hydrogens is 270 g/mol. The predicted octanol–water partition coefficient (Wildman–Crippen LogP) is 0.627. The summed E-state index contributed by atoms with van der Waals surface area (Å²) in [6.45, 7) is 9.96. The third kappa shape index (κ3) is 5.05. The highest BCUT2D eigenvalue weighted by atomic mass is 16.2. The lowest BCUT2D eigenvalue weighted by Crippen LogP contribution is -2.38. The molecule has 118 valence electrons. The molecule has 0 spiro atoms. The van der Waals surface area contributed by atoms with Crippen LogP contribution in [0.15, 0.2) is 0 Å². The van der Waals surface area contributed by atoms with Crippen LogP contribution in [0.25, 0.3) is 0 Å². The summed E-state index contributed by atoms with van der Waals surface area (Å²) in [5.41, 5.74) is 5.71. The molecule has 4 N–H and O–H groups in total. The zero-order chi connectivity index (χ0) is 15.8. The topological polar surface area (TPSA) is 109 Å². The Morgan fingerprint density at radius 1 is 1.24 bits per heavy atom. The van der Waals surface area contributed by atoms with Gasteiger partial charge in [-0.1, -0.05) is 6.92 Å². The number of nitrogen functional groups attached to an aromatic ring is 1. The second kappa shape index (κ2) is 8.23. The van der Waals surface area contributed by atoms with Crippen molar-refractivity contribution in [1.82, 2.24) is 20.3 Å². The van der Waals surface area contributed by atoms with Gasteiger partial charge in [-0.05, 0) is 27.2 Å². The Hall–Kier alpha value is -2.12. The Morgan fingerprint density at radius 2 is 1.90 bits per heavy atom. The lowest BCUT2D eigenvalue weighted by molar-refractivity contribution is -0.121. The number of carbonyl (C=O) groups excluding carboxylic acids is 1. The summed E-state index contributed by atoms with van der Waals surface area (Å²) >= 11 is 0. The Kier molecular flexibility index (Phi) is 6.64. The highest BCUT2D eigenvalue weighted by Gasteiger charge is 2.15. The van der Waals surface area contributed by atoms with Crippen LogP contribution in [0.5, 0.6) is 0 Å². The fourth-order valence-corrected chi connectivity index (χ4v) is 1.75. The van der Waals surface area contributed by atoms with E-state index in [-0.39, 0.29) is 11.9 Å². The standard InChI is InChI=1S/C13H25N7O/c1-5-8-15-10(21)9(4)16-12-17-11(14)18-13(19-12)20(6-2)7-3/h9H,5-8H2,1-4H3,(H,15,21)(H3,14,16,17,18,19). The number of rotatable bonds is 8. The van der Waals surface area contributed by atoms with Crippen molar-refractivity contribution < 1.29 is 4.79 Å². The predicted molar refractivity (Wildman–Crippen MR) is 84.2 cm³/mol. The number of carbonyl (C=O) groups is 1. The molecule has 0 aliphatic carbocycles. The summed E-state index contributed by atoms with van der Waals surface area (Å²) in [6.07, 6.45) is 0.892. The maximum Gasteiger partial charge on any atom is 0.242 e. The quantitative estimate of drug-likeness (QED) is 0.645. The number of hydrogen-bond acceptors (Lipinski definition) is 7. The molecule has 0 bridgehead atoms. The molecule has 8 heteroatoms. The normalized spacial score (nSPS) is 11.8. The SMILES string of the molecule is CCCNC(=O)C(C)Nc1nc(N)nc(N(CC)CC)n1. The molecule has 1 amide bonds. The maximum absolute atomic E-state index is 11.8. The third-order valence-corrected chi connectivity index (χ3v) is 2.98. The van der Waals surface area contributed by atoms with Crippen molar-refractivity contribution >= 4 is 23.8 Å². The van der Waals surface area contributed by atoms with Crippen LogP contribution < -0.4 is 21.3 Å². The molecule has 1 aromatic heterocycles. The average Bonchev–Trinajstić information content (AvgIpc) is 2.45. The zero-order valence-electron chi connectivity index (χ0n) is 13.2. The molecular formula is C13H25N7O. The van der Waals surface area contributed by atoms with E-state index in [0.717, 1.165) is 19.5 Å². The minimum atomic E-state index is -0.442. The highest BCUT2D eigenvalue weighted by Crippen LogP contribution is 2.12. The minimum absolute atomic E-state index is 0.0970. The molecule has 0 fully saturated rings. The summed E-state index contributed by atoms with van der Waals surface area (Å²) in [4.78, 5) is 26.3. The van der Waals surface area contributed by atoms with Crippen LogP contribution in [-0.4, -0.2) is 46.5 Å². The molecule has 0 saturated carbocycles. The highest BCUT2D eigenvalue weighted by molar-refractivity contribution is 5.83. The second-order valence-corrected chi connectivity index (χ2v) is 4.65. The van der Waals surface area contributed by atoms with Gasteiger partial charge in [0.15, 0.2) is 0 Å². The molecule has 21 heavy (non-hydrogen) atoms. The molecule has 1 unspecified atom stereocenters. The zero-order valence-corrected chi connectivity index (χ0v) is 13.2. The van der Waals surface area contributed by atoms with Gasteiger partial charge in [0, 0.05) is 19.6 Å². The molecule has 0 radical (unpaired) electrons. The van der Waals surface area contributed by atoms with Crippen molar-refractivity contribution in [2.24, 2.45) is 0 Å². The molecule has 0 aliphatic rings. The van der Waals surface area contributed by atoms with Crippen LogP contribution in [0.1, 0.15) is 34.1 Å². The van der Waals surface area contributed by atoms with Crippen LogP contribution >= 0.6 is 0 Å². The van der Waals surface area contributed by atoms with Gasteiger partial charge in [-0.25, -0.2) is 0 Å². The van der Waals surface area contributed by atoms with Gasteiger partial charge in [-0.3, -0.25) is 4.79 Å². The van der Waals surface area contributed by atoms with E-state index < -0.39 is 6.04 Å². The third-order valence-electron chi connectivity index (χ3n) is 2.98. The maximum atomic E-state index is 11.8. The Balaban J connectivity index is 2.81. The largest absolute Gasteiger partial charge is 0.368 e. The van der Waals surface area contributed by atoms with Crippen molar-refractivity contribution in [3.63, 3.8) is 0 Å². The number of nitrogens with zero attached hydrogens (tertiary/aromatic N) is 4. The first kappa shape index (κ1) is 16.9. The molecule has 1 heterocycles. The van der Waals surface area contributed by atoms with Gasteiger partial charge in [-0.15, -0.1) is 0 Å². The van der Waals surface area contributed by atoms with Gasteiger partial charge in [0.1, 0.15) is 6.04 Å². The summed E-state index contributed by atoms with van der Waals surface area (Å²) in [5, 5.41) is 5.77.